The molecular formula is C15H14Br2O. The van der Waals surface area contributed by atoms with Gasteiger partial charge in [0.25, 0.3) is 0 Å². The minimum atomic E-state index is -0.869. The molecule has 0 unspecified atom stereocenters. The van der Waals surface area contributed by atoms with Gasteiger partial charge >= 0.3 is 0 Å². The molecule has 0 bridgehead atoms. The number of halogens is 2. The minimum Gasteiger partial charge on any atom is -0.386 e. The van der Waals surface area contributed by atoms with E-state index in [4.69, 9.17) is 0 Å². The molecule has 1 N–H and O–H groups in total. The Morgan fingerprint density at radius 3 is 2.00 bits per heavy atom. The van der Waals surface area contributed by atoms with Crippen molar-refractivity contribution in [3.05, 3.63) is 57.0 Å². The number of aliphatic hydroxyl groups is 1. The van der Waals surface area contributed by atoms with E-state index in [-0.39, 0.29) is 0 Å². The molecule has 1 nitrogen and oxygen atoms in total. The summed E-state index contributed by atoms with van der Waals surface area (Å²) in [5, 5.41) is 10.3. The van der Waals surface area contributed by atoms with Gasteiger partial charge in [-0.1, -0.05) is 50.1 Å². The summed E-state index contributed by atoms with van der Waals surface area (Å²) >= 11 is 6.89. The largest absolute Gasteiger partial charge is 0.386 e. The number of hydrogen-bond acceptors (Lipinski definition) is 1. The third-order valence-corrected chi connectivity index (χ3v) is 3.82. The summed E-state index contributed by atoms with van der Waals surface area (Å²) in [5.41, 5.74) is 2.20. The van der Waals surface area contributed by atoms with E-state index in [0.29, 0.717) is 0 Å². The van der Waals surface area contributed by atoms with E-state index in [1.165, 1.54) is 0 Å². The Balaban J connectivity index is 2.60. The molecule has 0 spiro atoms. The van der Waals surface area contributed by atoms with Gasteiger partial charge in [-0.3, -0.25) is 0 Å². The second kappa shape index (κ2) is 5.16. The number of benzene rings is 2. The van der Waals surface area contributed by atoms with Crippen LogP contribution in [0.25, 0.3) is 11.1 Å². The topological polar surface area (TPSA) is 20.2 Å². The molecule has 0 heterocycles. The molecule has 2 aromatic rings. The van der Waals surface area contributed by atoms with Crippen LogP contribution in [0.15, 0.2) is 51.4 Å². The zero-order chi connectivity index (χ0) is 13.3. The van der Waals surface area contributed by atoms with Gasteiger partial charge in [0.1, 0.15) is 0 Å². The zero-order valence-electron chi connectivity index (χ0n) is 10.2. The molecule has 0 amide bonds. The van der Waals surface area contributed by atoms with Crippen LogP contribution in [0.5, 0.6) is 0 Å². The molecule has 3 heteroatoms. The highest BCUT2D eigenvalue weighted by Crippen LogP contribution is 2.34. The molecule has 18 heavy (non-hydrogen) atoms. The third kappa shape index (κ3) is 3.02. The van der Waals surface area contributed by atoms with Gasteiger partial charge in [0.05, 0.1) is 5.60 Å². The van der Waals surface area contributed by atoms with Gasteiger partial charge in [-0.25, -0.2) is 0 Å². The Hall–Kier alpha value is -0.640. The van der Waals surface area contributed by atoms with Gasteiger partial charge in [0.15, 0.2) is 0 Å². The minimum absolute atomic E-state index is 0.869. The summed E-state index contributed by atoms with van der Waals surface area (Å²) in [5.74, 6) is 0. The standard InChI is InChI=1S/C15H14Br2O/c1-15(2,18)14-9-12(17)7-8-13(14)10-3-5-11(16)6-4-10/h3-9,18H,1-2H3. The van der Waals surface area contributed by atoms with Crippen LogP contribution in [0.3, 0.4) is 0 Å². The summed E-state index contributed by atoms with van der Waals surface area (Å²) in [6.45, 7) is 3.61. The summed E-state index contributed by atoms with van der Waals surface area (Å²) in [4.78, 5) is 0. The van der Waals surface area contributed by atoms with Crippen molar-refractivity contribution in [3.63, 3.8) is 0 Å². The van der Waals surface area contributed by atoms with Gasteiger partial charge in [-0.05, 0) is 54.8 Å². The van der Waals surface area contributed by atoms with Crippen LogP contribution >= 0.6 is 31.9 Å². The third-order valence-electron chi connectivity index (χ3n) is 2.80. The lowest BCUT2D eigenvalue weighted by Crippen LogP contribution is -2.16. The molecule has 0 aliphatic rings. The van der Waals surface area contributed by atoms with Crippen molar-refractivity contribution >= 4 is 31.9 Å². The van der Waals surface area contributed by atoms with Gasteiger partial charge in [-0.15, -0.1) is 0 Å². The summed E-state index contributed by atoms with van der Waals surface area (Å²) in [7, 11) is 0. The van der Waals surface area contributed by atoms with Crippen LogP contribution in [0, 0.1) is 0 Å². The monoisotopic (exact) mass is 368 g/mol. The van der Waals surface area contributed by atoms with Gasteiger partial charge in [-0.2, -0.15) is 0 Å². The average molecular weight is 370 g/mol. The molecule has 0 aliphatic heterocycles. The maximum Gasteiger partial charge on any atom is 0.0846 e. The first-order valence-corrected chi connectivity index (χ1v) is 7.25. The highest BCUT2D eigenvalue weighted by atomic mass is 79.9. The fourth-order valence-electron chi connectivity index (χ4n) is 1.90. The molecule has 0 atom stereocenters. The summed E-state index contributed by atoms with van der Waals surface area (Å²) < 4.78 is 2.02. The molecular weight excluding hydrogens is 356 g/mol. The number of rotatable bonds is 2. The highest BCUT2D eigenvalue weighted by Gasteiger charge is 2.20. The van der Waals surface area contributed by atoms with Gasteiger partial charge < -0.3 is 5.11 Å². The predicted octanol–water partition coefficient (Wildman–Crippen LogP) is 5.11. The molecule has 0 saturated heterocycles. The zero-order valence-corrected chi connectivity index (χ0v) is 13.4. The first kappa shape index (κ1) is 13.8. The van der Waals surface area contributed by atoms with Gasteiger partial charge in [0.2, 0.25) is 0 Å². The summed E-state index contributed by atoms with van der Waals surface area (Å²) in [6, 6.07) is 14.1. The SMILES string of the molecule is CC(C)(O)c1cc(Br)ccc1-c1ccc(Br)cc1. The Morgan fingerprint density at radius 1 is 0.889 bits per heavy atom. The van der Waals surface area contributed by atoms with Crippen LogP contribution in [0.1, 0.15) is 19.4 Å². The van der Waals surface area contributed by atoms with E-state index in [1.54, 1.807) is 13.8 Å². The quantitative estimate of drug-likeness (QED) is 0.780. The van der Waals surface area contributed by atoms with Crippen molar-refractivity contribution in [1.29, 1.82) is 0 Å². The van der Waals surface area contributed by atoms with Crippen molar-refractivity contribution in [2.75, 3.05) is 0 Å². The highest BCUT2D eigenvalue weighted by molar-refractivity contribution is 9.10. The van der Waals surface area contributed by atoms with Crippen molar-refractivity contribution in [1.82, 2.24) is 0 Å². The van der Waals surface area contributed by atoms with E-state index in [0.717, 1.165) is 25.6 Å². The molecule has 0 radical (unpaired) electrons. The normalized spacial score (nSPS) is 11.6. The second-order valence-corrected chi connectivity index (χ2v) is 6.59. The molecule has 2 aromatic carbocycles. The van der Waals surface area contributed by atoms with Crippen LogP contribution < -0.4 is 0 Å². The van der Waals surface area contributed by atoms with Crippen molar-refractivity contribution < 1.29 is 5.11 Å². The Labute approximate surface area is 124 Å². The van der Waals surface area contributed by atoms with E-state index >= 15 is 0 Å². The molecule has 0 saturated carbocycles. The fourth-order valence-corrected chi connectivity index (χ4v) is 2.53. The Morgan fingerprint density at radius 2 is 1.44 bits per heavy atom. The molecule has 0 aromatic heterocycles. The summed E-state index contributed by atoms with van der Waals surface area (Å²) in [6.07, 6.45) is 0. The van der Waals surface area contributed by atoms with E-state index in [9.17, 15) is 5.11 Å². The van der Waals surface area contributed by atoms with Crippen molar-refractivity contribution in [3.8, 4) is 11.1 Å². The van der Waals surface area contributed by atoms with E-state index < -0.39 is 5.60 Å². The molecule has 0 aliphatic carbocycles. The van der Waals surface area contributed by atoms with Crippen molar-refractivity contribution in [2.24, 2.45) is 0 Å². The molecule has 94 valence electrons. The Bertz CT molecular complexity index is 554. The fraction of sp³-hybridized carbons (Fsp3) is 0.200. The lowest BCUT2D eigenvalue weighted by atomic mass is 9.90. The van der Waals surface area contributed by atoms with E-state index in [2.05, 4.69) is 31.9 Å². The maximum atomic E-state index is 10.3. The molecule has 0 fully saturated rings. The first-order valence-electron chi connectivity index (χ1n) is 5.66. The first-order chi connectivity index (χ1) is 8.38. The smallest absolute Gasteiger partial charge is 0.0846 e. The predicted molar refractivity (Wildman–Crippen MR) is 82.5 cm³/mol. The van der Waals surface area contributed by atoms with Crippen LogP contribution in [0.2, 0.25) is 0 Å². The van der Waals surface area contributed by atoms with E-state index in [1.807, 2.05) is 42.5 Å². The average Bonchev–Trinajstić information content (AvgIpc) is 2.29. The number of hydrogen-bond donors (Lipinski definition) is 1. The van der Waals surface area contributed by atoms with Crippen LogP contribution in [0.4, 0.5) is 0 Å². The Kier molecular flexibility index (Phi) is 3.95. The lowest BCUT2D eigenvalue weighted by molar-refractivity contribution is 0.0791. The van der Waals surface area contributed by atoms with Crippen molar-refractivity contribution in [2.45, 2.75) is 19.4 Å². The van der Waals surface area contributed by atoms with Crippen LogP contribution in [-0.4, -0.2) is 5.11 Å². The van der Waals surface area contributed by atoms with Gasteiger partial charge in [0, 0.05) is 8.95 Å². The second-order valence-electron chi connectivity index (χ2n) is 4.76. The van der Waals surface area contributed by atoms with Crippen LogP contribution in [-0.2, 0) is 5.60 Å². The maximum absolute atomic E-state index is 10.3. The lowest BCUT2D eigenvalue weighted by Gasteiger charge is -2.22. The molecule has 2 rings (SSSR count).